The summed E-state index contributed by atoms with van der Waals surface area (Å²) >= 11 is 9.24. The summed E-state index contributed by atoms with van der Waals surface area (Å²) in [5.41, 5.74) is 0.687. The van der Waals surface area contributed by atoms with Gasteiger partial charge in [-0.1, -0.05) is 23.7 Å². The van der Waals surface area contributed by atoms with Crippen LogP contribution in [0.3, 0.4) is 0 Å². The van der Waals surface area contributed by atoms with Crippen molar-refractivity contribution in [3.05, 3.63) is 63.6 Å². The zero-order valence-electron chi connectivity index (χ0n) is 13.0. The molecule has 5 heteroatoms. The van der Waals surface area contributed by atoms with Crippen LogP contribution in [-0.2, 0) is 0 Å². The first-order chi connectivity index (χ1) is 11.1. The Hall–Kier alpha value is -1.52. The predicted octanol–water partition coefficient (Wildman–Crippen LogP) is 5.03. The maximum absolute atomic E-state index is 12.3. The van der Waals surface area contributed by atoms with Crippen molar-refractivity contribution in [1.29, 1.82) is 0 Å². The van der Waals surface area contributed by atoms with Gasteiger partial charge in [0.15, 0.2) is 0 Å². The molecular formula is C18H19BrClNO2. The first-order valence-corrected chi connectivity index (χ1v) is 8.63. The summed E-state index contributed by atoms with van der Waals surface area (Å²) in [6.45, 7) is 1.32. The van der Waals surface area contributed by atoms with E-state index in [1.54, 1.807) is 17.0 Å². The summed E-state index contributed by atoms with van der Waals surface area (Å²) in [5, 5.41) is 0.699. The van der Waals surface area contributed by atoms with Gasteiger partial charge in [-0.2, -0.15) is 0 Å². The fourth-order valence-electron chi connectivity index (χ4n) is 2.11. The number of rotatable bonds is 7. The number of hydrogen-bond acceptors (Lipinski definition) is 2. The smallest absolute Gasteiger partial charge is 0.254 e. The number of benzene rings is 2. The zero-order valence-corrected chi connectivity index (χ0v) is 15.3. The molecule has 0 heterocycles. The maximum Gasteiger partial charge on any atom is 0.254 e. The minimum Gasteiger partial charge on any atom is -0.494 e. The molecule has 23 heavy (non-hydrogen) atoms. The number of carbonyl (C=O) groups is 1. The van der Waals surface area contributed by atoms with E-state index >= 15 is 0 Å². The number of halogens is 2. The second-order valence-electron chi connectivity index (χ2n) is 5.22. The molecule has 0 unspecified atom stereocenters. The van der Waals surface area contributed by atoms with Crippen LogP contribution in [0.15, 0.2) is 53.0 Å². The van der Waals surface area contributed by atoms with Crippen LogP contribution in [0.5, 0.6) is 5.75 Å². The SMILES string of the molecule is CN(CCCCOc1ccc(Cl)cc1)C(=O)c1ccccc1Br. The van der Waals surface area contributed by atoms with Crippen molar-refractivity contribution in [2.45, 2.75) is 12.8 Å². The van der Waals surface area contributed by atoms with Crippen molar-refractivity contribution in [2.24, 2.45) is 0 Å². The van der Waals surface area contributed by atoms with Crippen LogP contribution in [-0.4, -0.2) is 31.0 Å². The highest BCUT2D eigenvalue weighted by atomic mass is 79.9. The van der Waals surface area contributed by atoms with Gasteiger partial charge >= 0.3 is 0 Å². The van der Waals surface area contributed by atoms with E-state index in [2.05, 4.69) is 15.9 Å². The third-order valence-electron chi connectivity index (χ3n) is 3.42. The molecule has 0 saturated heterocycles. The van der Waals surface area contributed by atoms with Crippen LogP contribution >= 0.6 is 27.5 Å². The van der Waals surface area contributed by atoms with Crippen molar-refractivity contribution in [3.63, 3.8) is 0 Å². The molecule has 2 aromatic rings. The van der Waals surface area contributed by atoms with Crippen molar-refractivity contribution < 1.29 is 9.53 Å². The van der Waals surface area contributed by atoms with Gasteiger partial charge in [0.1, 0.15) is 5.75 Å². The number of unbranched alkanes of at least 4 members (excludes halogenated alkanes) is 1. The Kier molecular flexibility index (Phi) is 6.93. The topological polar surface area (TPSA) is 29.5 Å². The highest BCUT2D eigenvalue weighted by Gasteiger charge is 2.13. The maximum atomic E-state index is 12.3. The van der Waals surface area contributed by atoms with Crippen LogP contribution in [0, 0.1) is 0 Å². The Labute approximate surface area is 150 Å². The van der Waals surface area contributed by atoms with Gasteiger partial charge in [0.05, 0.1) is 12.2 Å². The molecule has 2 rings (SSSR count). The summed E-state index contributed by atoms with van der Waals surface area (Å²) < 4.78 is 6.46. The van der Waals surface area contributed by atoms with Crippen LogP contribution < -0.4 is 4.74 Å². The number of ether oxygens (including phenoxy) is 1. The summed E-state index contributed by atoms with van der Waals surface area (Å²) in [7, 11) is 1.82. The standard InChI is InChI=1S/C18H19BrClNO2/c1-21(18(22)16-6-2-3-7-17(16)19)12-4-5-13-23-15-10-8-14(20)9-11-15/h2-3,6-11H,4-5,12-13H2,1H3. The van der Waals surface area contributed by atoms with Crippen molar-refractivity contribution in [2.75, 3.05) is 20.2 Å². The number of nitrogens with zero attached hydrogens (tertiary/aromatic N) is 1. The highest BCUT2D eigenvalue weighted by molar-refractivity contribution is 9.10. The number of carbonyl (C=O) groups excluding carboxylic acids is 1. The van der Waals surface area contributed by atoms with E-state index < -0.39 is 0 Å². The molecule has 3 nitrogen and oxygen atoms in total. The molecule has 0 spiro atoms. The van der Waals surface area contributed by atoms with Gasteiger partial charge in [0, 0.05) is 23.1 Å². The average molecular weight is 397 g/mol. The first kappa shape index (κ1) is 17.8. The Morgan fingerprint density at radius 2 is 1.83 bits per heavy atom. The van der Waals surface area contributed by atoms with E-state index in [9.17, 15) is 4.79 Å². The van der Waals surface area contributed by atoms with Gasteiger partial charge in [-0.15, -0.1) is 0 Å². The first-order valence-electron chi connectivity index (χ1n) is 7.46. The minimum atomic E-state index is 0.0242. The normalized spacial score (nSPS) is 10.4. The van der Waals surface area contributed by atoms with Crippen LogP contribution in [0.2, 0.25) is 5.02 Å². The molecule has 1 amide bonds. The fourth-order valence-corrected chi connectivity index (χ4v) is 2.69. The molecule has 0 aromatic heterocycles. The van der Waals surface area contributed by atoms with Crippen LogP contribution in [0.1, 0.15) is 23.2 Å². The second kappa shape index (κ2) is 8.94. The molecule has 0 aliphatic heterocycles. The lowest BCUT2D eigenvalue weighted by Crippen LogP contribution is -2.28. The van der Waals surface area contributed by atoms with Crippen molar-refractivity contribution >= 4 is 33.4 Å². The van der Waals surface area contributed by atoms with Crippen LogP contribution in [0.4, 0.5) is 0 Å². The van der Waals surface area contributed by atoms with Gasteiger partial charge in [-0.3, -0.25) is 4.79 Å². The van der Waals surface area contributed by atoms with E-state index in [4.69, 9.17) is 16.3 Å². The molecule has 0 fully saturated rings. The summed E-state index contributed by atoms with van der Waals surface area (Å²) in [6, 6.07) is 14.8. The van der Waals surface area contributed by atoms with Gasteiger partial charge < -0.3 is 9.64 Å². The monoisotopic (exact) mass is 395 g/mol. The number of hydrogen-bond donors (Lipinski definition) is 0. The minimum absolute atomic E-state index is 0.0242. The molecule has 0 aliphatic carbocycles. The van der Waals surface area contributed by atoms with Crippen molar-refractivity contribution in [1.82, 2.24) is 4.90 Å². The number of amides is 1. The van der Waals surface area contributed by atoms with E-state index in [-0.39, 0.29) is 5.91 Å². The summed E-state index contributed by atoms with van der Waals surface area (Å²) in [5.74, 6) is 0.836. The Balaban J connectivity index is 1.70. The zero-order chi connectivity index (χ0) is 16.7. The second-order valence-corrected chi connectivity index (χ2v) is 6.51. The molecule has 0 aliphatic rings. The Bertz CT molecular complexity index is 646. The fraction of sp³-hybridized carbons (Fsp3) is 0.278. The molecule has 0 atom stereocenters. The lowest BCUT2D eigenvalue weighted by atomic mass is 10.2. The third kappa shape index (κ3) is 5.56. The predicted molar refractivity (Wildman–Crippen MR) is 97.3 cm³/mol. The van der Waals surface area contributed by atoms with E-state index in [0.29, 0.717) is 23.7 Å². The lowest BCUT2D eigenvalue weighted by molar-refractivity contribution is 0.0790. The van der Waals surface area contributed by atoms with Crippen LogP contribution in [0.25, 0.3) is 0 Å². The van der Waals surface area contributed by atoms with Gasteiger partial charge in [0.25, 0.3) is 5.91 Å². The summed E-state index contributed by atoms with van der Waals surface area (Å²) in [6.07, 6.45) is 1.77. The van der Waals surface area contributed by atoms with E-state index in [0.717, 1.165) is 23.1 Å². The van der Waals surface area contributed by atoms with E-state index in [1.807, 2.05) is 43.4 Å². The quantitative estimate of drug-likeness (QED) is 0.614. The Morgan fingerprint density at radius 1 is 1.13 bits per heavy atom. The molecule has 122 valence electrons. The van der Waals surface area contributed by atoms with Gasteiger partial charge in [-0.25, -0.2) is 0 Å². The lowest BCUT2D eigenvalue weighted by Gasteiger charge is -2.18. The molecule has 2 aromatic carbocycles. The third-order valence-corrected chi connectivity index (χ3v) is 4.36. The van der Waals surface area contributed by atoms with Gasteiger partial charge in [0.2, 0.25) is 0 Å². The average Bonchev–Trinajstić information content (AvgIpc) is 2.56. The van der Waals surface area contributed by atoms with Gasteiger partial charge in [-0.05, 0) is 65.2 Å². The molecule has 0 N–H and O–H groups in total. The largest absolute Gasteiger partial charge is 0.494 e. The van der Waals surface area contributed by atoms with E-state index in [1.165, 1.54) is 0 Å². The molecule has 0 bridgehead atoms. The molecule has 0 saturated carbocycles. The molecular weight excluding hydrogens is 378 g/mol. The highest BCUT2D eigenvalue weighted by Crippen LogP contribution is 2.18. The summed E-state index contributed by atoms with van der Waals surface area (Å²) in [4.78, 5) is 14.1. The Morgan fingerprint density at radius 3 is 2.52 bits per heavy atom. The molecule has 0 radical (unpaired) electrons. The van der Waals surface area contributed by atoms with Crippen molar-refractivity contribution in [3.8, 4) is 5.75 Å².